The molecule has 0 unspecified atom stereocenters. The molecule has 2 fully saturated rings. The Morgan fingerprint density at radius 2 is 2.16 bits per heavy atom. The number of anilines is 1. The van der Waals surface area contributed by atoms with Crippen molar-refractivity contribution in [3.05, 3.63) is 29.6 Å². The molecule has 0 bridgehead atoms. The van der Waals surface area contributed by atoms with E-state index in [2.05, 4.69) is 10.2 Å². The lowest BCUT2D eigenvalue weighted by atomic mass is 10.1. The first-order valence-electron chi connectivity index (χ1n) is 7.17. The molecule has 1 aliphatic heterocycles. The molecule has 1 N–H and O–H groups in total. The first-order chi connectivity index (χ1) is 9.33. The van der Waals surface area contributed by atoms with Gasteiger partial charge in [0.1, 0.15) is 5.82 Å². The highest BCUT2D eigenvalue weighted by Crippen LogP contribution is 2.26. The average molecular weight is 280 g/mol. The zero-order valence-electron chi connectivity index (χ0n) is 11.2. The summed E-state index contributed by atoms with van der Waals surface area (Å²) in [7, 11) is 0. The van der Waals surface area contributed by atoms with E-state index < -0.39 is 0 Å². The first kappa shape index (κ1) is 13.3. The normalized spacial score (nSPS) is 20.4. The summed E-state index contributed by atoms with van der Waals surface area (Å²) in [5.41, 5.74) is 2.33. The maximum absolute atomic E-state index is 13.5. The minimum Gasteiger partial charge on any atom is -0.370 e. The highest BCUT2D eigenvalue weighted by atomic mass is 32.2. The molecule has 2 aliphatic rings. The first-order valence-corrected chi connectivity index (χ1v) is 8.33. The van der Waals surface area contributed by atoms with E-state index in [9.17, 15) is 4.39 Å². The molecule has 1 aromatic rings. The summed E-state index contributed by atoms with van der Waals surface area (Å²) in [6.07, 6.45) is 3.76. The molecule has 19 heavy (non-hydrogen) atoms. The van der Waals surface area contributed by atoms with E-state index in [0.717, 1.165) is 25.2 Å². The summed E-state index contributed by atoms with van der Waals surface area (Å²) in [5, 5.41) is 3.50. The van der Waals surface area contributed by atoms with Gasteiger partial charge in [-0.05, 0) is 48.8 Å². The molecule has 1 saturated carbocycles. The van der Waals surface area contributed by atoms with Crippen molar-refractivity contribution in [2.24, 2.45) is 0 Å². The summed E-state index contributed by atoms with van der Waals surface area (Å²) in [6, 6.07) is 5.90. The second-order valence-electron chi connectivity index (χ2n) is 5.38. The zero-order valence-corrected chi connectivity index (χ0v) is 12.0. The van der Waals surface area contributed by atoms with Crippen LogP contribution in [-0.4, -0.2) is 30.6 Å². The molecular weight excluding hydrogens is 259 g/mol. The minimum absolute atomic E-state index is 0.124. The van der Waals surface area contributed by atoms with E-state index in [0.29, 0.717) is 6.04 Å². The Hall–Kier alpha value is -0.740. The molecule has 2 nitrogen and oxygen atoms in total. The van der Waals surface area contributed by atoms with Crippen molar-refractivity contribution in [1.29, 1.82) is 0 Å². The smallest absolute Gasteiger partial charge is 0.123 e. The van der Waals surface area contributed by atoms with Gasteiger partial charge < -0.3 is 10.2 Å². The number of nitrogens with one attached hydrogen (secondary N) is 1. The Kier molecular flexibility index (Phi) is 4.28. The lowest BCUT2D eigenvalue weighted by Crippen LogP contribution is -2.28. The van der Waals surface area contributed by atoms with Gasteiger partial charge >= 0.3 is 0 Å². The highest BCUT2D eigenvalue weighted by molar-refractivity contribution is 7.99. The van der Waals surface area contributed by atoms with Gasteiger partial charge in [-0.1, -0.05) is 0 Å². The predicted molar refractivity (Wildman–Crippen MR) is 80.4 cm³/mol. The van der Waals surface area contributed by atoms with Crippen molar-refractivity contribution in [2.45, 2.75) is 31.8 Å². The van der Waals surface area contributed by atoms with Crippen molar-refractivity contribution >= 4 is 17.4 Å². The zero-order chi connectivity index (χ0) is 13.1. The fourth-order valence-corrected chi connectivity index (χ4v) is 3.42. The second-order valence-corrected chi connectivity index (χ2v) is 6.61. The second kappa shape index (κ2) is 6.14. The molecule has 0 spiro atoms. The van der Waals surface area contributed by atoms with E-state index in [4.69, 9.17) is 0 Å². The van der Waals surface area contributed by atoms with Crippen LogP contribution in [-0.2, 0) is 6.54 Å². The van der Waals surface area contributed by atoms with Gasteiger partial charge in [0, 0.05) is 37.1 Å². The van der Waals surface area contributed by atoms with Crippen LogP contribution in [0.15, 0.2) is 18.2 Å². The Morgan fingerprint density at radius 1 is 1.26 bits per heavy atom. The topological polar surface area (TPSA) is 15.3 Å². The Morgan fingerprint density at radius 3 is 3.00 bits per heavy atom. The lowest BCUT2D eigenvalue weighted by Gasteiger charge is -2.25. The third kappa shape index (κ3) is 3.63. The van der Waals surface area contributed by atoms with Gasteiger partial charge in [0.25, 0.3) is 0 Å². The Labute approximate surface area is 118 Å². The molecule has 1 aliphatic carbocycles. The van der Waals surface area contributed by atoms with E-state index in [1.54, 1.807) is 12.1 Å². The monoisotopic (exact) mass is 280 g/mol. The van der Waals surface area contributed by atoms with Gasteiger partial charge in [-0.15, -0.1) is 0 Å². The highest BCUT2D eigenvalue weighted by Gasteiger charge is 2.21. The van der Waals surface area contributed by atoms with Crippen molar-refractivity contribution in [3.63, 3.8) is 0 Å². The third-order valence-electron chi connectivity index (χ3n) is 3.76. The quantitative estimate of drug-likeness (QED) is 0.912. The van der Waals surface area contributed by atoms with Crippen molar-refractivity contribution in [3.8, 4) is 0 Å². The summed E-state index contributed by atoms with van der Waals surface area (Å²) in [5.74, 6) is 2.29. The summed E-state index contributed by atoms with van der Waals surface area (Å²) >= 11 is 2.02. The number of halogens is 1. The van der Waals surface area contributed by atoms with E-state index in [1.165, 1.54) is 36.5 Å². The van der Waals surface area contributed by atoms with Gasteiger partial charge in [-0.2, -0.15) is 11.8 Å². The van der Waals surface area contributed by atoms with Crippen molar-refractivity contribution in [2.75, 3.05) is 29.5 Å². The third-order valence-corrected chi connectivity index (χ3v) is 4.81. The number of benzene rings is 1. The number of thioether (sulfide) groups is 1. The van der Waals surface area contributed by atoms with Gasteiger partial charge in [-0.3, -0.25) is 0 Å². The van der Waals surface area contributed by atoms with Crippen molar-refractivity contribution < 1.29 is 4.39 Å². The largest absolute Gasteiger partial charge is 0.370 e. The van der Waals surface area contributed by atoms with Crippen LogP contribution in [0.3, 0.4) is 0 Å². The molecule has 1 heterocycles. The molecule has 0 atom stereocenters. The molecule has 1 aromatic carbocycles. The number of hydrogen-bond donors (Lipinski definition) is 1. The summed E-state index contributed by atoms with van der Waals surface area (Å²) in [6.45, 7) is 2.96. The molecule has 1 saturated heterocycles. The van der Waals surface area contributed by atoms with Gasteiger partial charge in [-0.25, -0.2) is 4.39 Å². The molecule has 0 radical (unpaired) electrons. The summed E-state index contributed by atoms with van der Waals surface area (Å²) in [4.78, 5) is 2.42. The van der Waals surface area contributed by atoms with Gasteiger partial charge in [0.2, 0.25) is 0 Å². The van der Waals surface area contributed by atoms with E-state index in [-0.39, 0.29) is 5.82 Å². The van der Waals surface area contributed by atoms with E-state index >= 15 is 0 Å². The van der Waals surface area contributed by atoms with Crippen LogP contribution in [0, 0.1) is 5.82 Å². The van der Waals surface area contributed by atoms with Crippen LogP contribution in [0.2, 0.25) is 0 Å². The SMILES string of the molecule is Fc1ccc(N2CCCSCC2)c(CNC2CC2)c1. The molecule has 3 rings (SSSR count). The van der Waals surface area contributed by atoms with Crippen molar-refractivity contribution in [1.82, 2.24) is 5.32 Å². The molecule has 4 heteroatoms. The van der Waals surface area contributed by atoms with Gasteiger partial charge in [0.15, 0.2) is 0 Å². The standard InChI is InChI=1S/C15H21FN2S/c16-13-2-5-15(18-6-1-8-19-9-7-18)12(10-13)11-17-14-3-4-14/h2,5,10,14,17H,1,3-4,6-9,11H2. The van der Waals surface area contributed by atoms with Crippen LogP contribution in [0.25, 0.3) is 0 Å². The maximum atomic E-state index is 13.5. The Bertz CT molecular complexity index is 426. The molecular formula is C15H21FN2S. The van der Waals surface area contributed by atoms with Crippen LogP contribution in [0.1, 0.15) is 24.8 Å². The Balaban J connectivity index is 1.76. The van der Waals surface area contributed by atoms with Crippen LogP contribution in [0.5, 0.6) is 0 Å². The van der Waals surface area contributed by atoms with Gasteiger partial charge in [0.05, 0.1) is 0 Å². The molecule has 0 aromatic heterocycles. The average Bonchev–Trinajstić information content (AvgIpc) is 3.24. The molecule has 0 amide bonds. The lowest BCUT2D eigenvalue weighted by molar-refractivity contribution is 0.618. The van der Waals surface area contributed by atoms with Crippen LogP contribution < -0.4 is 10.2 Å². The number of nitrogens with zero attached hydrogens (tertiary/aromatic N) is 1. The number of hydrogen-bond acceptors (Lipinski definition) is 3. The summed E-state index contributed by atoms with van der Waals surface area (Å²) < 4.78 is 13.5. The van der Waals surface area contributed by atoms with Crippen LogP contribution in [0.4, 0.5) is 10.1 Å². The fraction of sp³-hybridized carbons (Fsp3) is 0.600. The molecule has 104 valence electrons. The fourth-order valence-electron chi connectivity index (χ4n) is 2.53. The predicted octanol–water partition coefficient (Wildman–Crippen LogP) is 3.02. The maximum Gasteiger partial charge on any atom is 0.123 e. The number of rotatable bonds is 4. The minimum atomic E-state index is -0.124. The van der Waals surface area contributed by atoms with E-state index in [1.807, 2.05) is 17.8 Å². The van der Waals surface area contributed by atoms with Crippen LogP contribution >= 0.6 is 11.8 Å².